The van der Waals surface area contributed by atoms with Crippen molar-refractivity contribution in [2.45, 2.75) is 19.8 Å². The van der Waals surface area contributed by atoms with E-state index in [0.29, 0.717) is 13.2 Å². The zero-order valence-corrected chi connectivity index (χ0v) is 10.9. The molecule has 0 atom stereocenters. The van der Waals surface area contributed by atoms with Crippen molar-refractivity contribution in [1.29, 1.82) is 0 Å². The molecule has 1 heterocycles. The molecule has 1 aromatic rings. The van der Waals surface area contributed by atoms with E-state index in [4.69, 9.17) is 21.1 Å². The van der Waals surface area contributed by atoms with Crippen molar-refractivity contribution in [3.05, 3.63) is 28.8 Å². The molecule has 0 fully saturated rings. The lowest BCUT2D eigenvalue weighted by Crippen LogP contribution is -2.12. The molecule has 0 aliphatic rings. The molecule has 1 rings (SSSR count). The quantitative estimate of drug-likeness (QED) is 0.436. The number of hydrogen-bond acceptors (Lipinski definition) is 4. The Hall–Kier alpha value is -1.20. The molecule has 6 heteroatoms. The lowest BCUT2D eigenvalue weighted by Gasteiger charge is -2.06. The molecule has 0 radical (unpaired) electrons. The maximum Gasteiger partial charge on any atom is 0.341 e. The van der Waals surface area contributed by atoms with Crippen molar-refractivity contribution in [3.63, 3.8) is 0 Å². The topological polar surface area (TPSA) is 48.4 Å². The molecule has 0 amide bonds. The predicted molar refractivity (Wildman–Crippen MR) is 65.2 cm³/mol. The van der Waals surface area contributed by atoms with Gasteiger partial charge in [-0.15, -0.1) is 0 Å². The second-order valence-corrected chi connectivity index (χ2v) is 3.95. The number of hydrogen-bond donors (Lipinski definition) is 0. The van der Waals surface area contributed by atoms with E-state index >= 15 is 0 Å². The Balaban J connectivity index is 2.34. The second kappa shape index (κ2) is 8.00. The Morgan fingerprint density at radius 3 is 2.94 bits per heavy atom. The Morgan fingerprint density at radius 1 is 1.44 bits per heavy atom. The van der Waals surface area contributed by atoms with Gasteiger partial charge in [-0.05, 0) is 12.5 Å². The monoisotopic (exact) mass is 275 g/mol. The van der Waals surface area contributed by atoms with Crippen LogP contribution >= 0.6 is 11.6 Å². The second-order valence-electron chi connectivity index (χ2n) is 3.59. The highest BCUT2D eigenvalue weighted by atomic mass is 35.5. The summed E-state index contributed by atoms with van der Waals surface area (Å²) < 4.78 is 23.0. The normalized spacial score (nSPS) is 10.4. The molecule has 0 aromatic carbocycles. The first-order valence-corrected chi connectivity index (χ1v) is 6.09. The number of ether oxygens (including phenoxy) is 2. The van der Waals surface area contributed by atoms with E-state index in [-0.39, 0.29) is 17.3 Å². The molecule has 0 saturated heterocycles. The summed E-state index contributed by atoms with van der Waals surface area (Å²) in [6.07, 6.45) is 2.95. The molecule has 0 aliphatic heterocycles. The van der Waals surface area contributed by atoms with Gasteiger partial charge in [-0.2, -0.15) is 0 Å². The van der Waals surface area contributed by atoms with E-state index in [0.717, 1.165) is 25.1 Å². The van der Waals surface area contributed by atoms with Crippen molar-refractivity contribution in [2.24, 2.45) is 0 Å². The highest BCUT2D eigenvalue weighted by Crippen LogP contribution is 2.14. The third-order valence-corrected chi connectivity index (χ3v) is 2.43. The highest BCUT2D eigenvalue weighted by molar-refractivity contribution is 6.32. The van der Waals surface area contributed by atoms with Gasteiger partial charge in [0.2, 0.25) is 0 Å². The SMILES string of the molecule is CCCCOCCOC(=O)c1cc(F)cnc1Cl. The number of nitrogens with zero attached hydrogens (tertiary/aromatic N) is 1. The van der Waals surface area contributed by atoms with Gasteiger partial charge >= 0.3 is 5.97 Å². The van der Waals surface area contributed by atoms with Crippen LogP contribution < -0.4 is 0 Å². The number of halogens is 2. The molecule has 0 bridgehead atoms. The zero-order valence-electron chi connectivity index (χ0n) is 10.1. The number of carbonyl (C=O) groups is 1. The summed E-state index contributed by atoms with van der Waals surface area (Å²) in [4.78, 5) is 15.1. The maximum absolute atomic E-state index is 12.9. The van der Waals surface area contributed by atoms with Crippen LogP contribution in [0.15, 0.2) is 12.3 Å². The largest absolute Gasteiger partial charge is 0.460 e. The molecule has 18 heavy (non-hydrogen) atoms. The van der Waals surface area contributed by atoms with Gasteiger partial charge in [-0.1, -0.05) is 24.9 Å². The van der Waals surface area contributed by atoms with E-state index < -0.39 is 11.8 Å². The number of rotatable bonds is 7. The van der Waals surface area contributed by atoms with Gasteiger partial charge in [0.1, 0.15) is 17.6 Å². The van der Waals surface area contributed by atoms with Gasteiger partial charge in [0.05, 0.1) is 18.4 Å². The first-order chi connectivity index (χ1) is 8.65. The summed E-state index contributed by atoms with van der Waals surface area (Å²) in [7, 11) is 0. The molecule has 0 N–H and O–H groups in total. The summed E-state index contributed by atoms with van der Waals surface area (Å²) in [5.74, 6) is -1.34. The Bertz CT molecular complexity index is 401. The first-order valence-electron chi connectivity index (χ1n) is 5.71. The number of pyridine rings is 1. The fraction of sp³-hybridized carbons (Fsp3) is 0.500. The first kappa shape index (κ1) is 14.9. The van der Waals surface area contributed by atoms with Crippen molar-refractivity contribution >= 4 is 17.6 Å². The summed E-state index contributed by atoms with van der Waals surface area (Å²) in [6, 6.07) is 0.996. The van der Waals surface area contributed by atoms with Crippen LogP contribution in [0.3, 0.4) is 0 Å². The fourth-order valence-corrected chi connectivity index (χ4v) is 1.37. The Labute approximate surface area is 110 Å². The van der Waals surface area contributed by atoms with Crippen LogP contribution in [0.2, 0.25) is 5.15 Å². The van der Waals surface area contributed by atoms with Crippen LogP contribution in [-0.4, -0.2) is 30.8 Å². The van der Waals surface area contributed by atoms with E-state index in [2.05, 4.69) is 11.9 Å². The highest BCUT2D eigenvalue weighted by Gasteiger charge is 2.13. The standard InChI is InChI=1S/C12H15ClFNO3/c1-2-3-4-17-5-6-18-12(16)10-7-9(14)8-15-11(10)13/h7-8H,2-6H2,1H3. The van der Waals surface area contributed by atoms with Crippen LogP contribution in [0.5, 0.6) is 0 Å². The third-order valence-electron chi connectivity index (χ3n) is 2.13. The van der Waals surface area contributed by atoms with E-state index in [1.165, 1.54) is 0 Å². The minimum Gasteiger partial charge on any atom is -0.460 e. The Morgan fingerprint density at radius 2 is 2.22 bits per heavy atom. The Kier molecular flexibility index (Phi) is 6.60. The van der Waals surface area contributed by atoms with Crippen molar-refractivity contribution in [2.75, 3.05) is 19.8 Å². The molecule has 1 aromatic heterocycles. The van der Waals surface area contributed by atoms with Gasteiger partial charge in [0, 0.05) is 6.61 Å². The number of esters is 1. The molecule has 0 unspecified atom stereocenters. The lowest BCUT2D eigenvalue weighted by atomic mass is 10.3. The fourth-order valence-electron chi connectivity index (χ4n) is 1.19. The van der Waals surface area contributed by atoms with Crippen molar-refractivity contribution < 1.29 is 18.7 Å². The van der Waals surface area contributed by atoms with Crippen LogP contribution in [0.4, 0.5) is 4.39 Å². The summed E-state index contributed by atoms with van der Waals surface area (Å²) in [6.45, 7) is 3.11. The average Bonchev–Trinajstić information content (AvgIpc) is 2.36. The van der Waals surface area contributed by atoms with E-state index in [1.54, 1.807) is 0 Å². The maximum atomic E-state index is 12.9. The molecule has 0 aliphatic carbocycles. The predicted octanol–water partition coefficient (Wildman–Crippen LogP) is 2.85. The number of unbranched alkanes of at least 4 members (excludes halogenated alkanes) is 1. The van der Waals surface area contributed by atoms with E-state index in [1.807, 2.05) is 0 Å². The summed E-state index contributed by atoms with van der Waals surface area (Å²) in [5.41, 5.74) is -0.0785. The smallest absolute Gasteiger partial charge is 0.341 e. The average molecular weight is 276 g/mol. The van der Waals surface area contributed by atoms with Crippen molar-refractivity contribution in [1.82, 2.24) is 4.98 Å². The van der Waals surface area contributed by atoms with Gasteiger partial charge in [-0.25, -0.2) is 14.2 Å². The summed E-state index contributed by atoms with van der Waals surface area (Å²) in [5, 5.41) is -0.0756. The molecule has 0 saturated carbocycles. The van der Waals surface area contributed by atoms with Gasteiger partial charge in [-0.3, -0.25) is 0 Å². The molecular formula is C12H15ClFNO3. The molecule has 0 spiro atoms. The zero-order chi connectivity index (χ0) is 13.4. The number of aromatic nitrogens is 1. The molecule has 100 valence electrons. The molecule has 4 nitrogen and oxygen atoms in total. The van der Waals surface area contributed by atoms with Crippen LogP contribution in [-0.2, 0) is 9.47 Å². The lowest BCUT2D eigenvalue weighted by molar-refractivity contribution is 0.0313. The minimum atomic E-state index is -0.703. The minimum absolute atomic E-state index is 0.0756. The van der Waals surface area contributed by atoms with E-state index in [9.17, 15) is 9.18 Å². The summed E-state index contributed by atoms with van der Waals surface area (Å²) >= 11 is 5.66. The number of carbonyl (C=O) groups excluding carboxylic acids is 1. The van der Waals surface area contributed by atoms with Gasteiger partial charge in [0.25, 0.3) is 0 Å². The molecular weight excluding hydrogens is 261 g/mol. The van der Waals surface area contributed by atoms with Gasteiger partial charge in [0.15, 0.2) is 0 Å². The third kappa shape index (κ3) is 4.98. The van der Waals surface area contributed by atoms with Crippen molar-refractivity contribution in [3.8, 4) is 0 Å². The van der Waals surface area contributed by atoms with Crippen LogP contribution in [0, 0.1) is 5.82 Å². The van der Waals surface area contributed by atoms with Crippen LogP contribution in [0.25, 0.3) is 0 Å². The van der Waals surface area contributed by atoms with Crippen LogP contribution in [0.1, 0.15) is 30.1 Å². The van der Waals surface area contributed by atoms with Gasteiger partial charge < -0.3 is 9.47 Å².